The smallest absolute Gasteiger partial charge is 0.143 e. The van der Waals surface area contributed by atoms with Crippen molar-refractivity contribution in [3.05, 3.63) is 24.3 Å². The number of hydrogen-bond acceptors (Lipinski definition) is 2. The van der Waals surface area contributed by atoms with Crippen molar-refractivity contribution in [3.63, 3.8) is 0 Å². The standard InChI is InChI=1S/C9H13NO/c1-8-3-2-5-9(10,7-11)6-4-8/h4,6-7H,1-3,5,10H2. The maximum Gasteiger partial charge on any atom is 0.143 e. The molecule has 1 aliphatic rings. The van der Waals surface area contributed by atoms with Crippen molar-refractivity contribution in [1.29, 1.82) is 0 Å². The van der Waals surface area contributed by atoms with Crippen molar-refractivity contribution in [3.8, 4) is 0 Å². The van der Waals surface area contributed by atoms with Crippen LogP contribution in [0.5, 0.6) is 0 Å². The molecule has 0 bridgehead atoms. The van der Waals surface area contributed by atoms with Crippen LogP contribution in [0.25, 0.3) is 0 Å². The van der Waals surface area contributed by atoms with E-state index in [1.165, 1.54) is 0 Å². The van der Waals surface area contributed by atoms with E-state index in [4.69, 9.17) is 5.73 Å². The van der Waals surface area contributed by atoms with Crippen molar-refractivity contribution in [2.75, 3.05) is 0 Å². The summed E-state index contributed by atoms with van der Waals surface area (Å²) in [5.41, 5.74) is 6.04. The summed E-state index contributed by atoms with van der Waals surface area (Å²) in [5, 5.41) is 0. The zero-order valence-corrected chi connectivity index (χ0v) is 6.55. The van der Waals surface area contributed by atoms with E-state index >= 15 is 0 Å². The third-order valence-corrected chi connectivity index (χ3v) is 1.96. The number of carbonyl (C=O) groups excluding carboxylic acids is 1. The molecule has 1 atom stereocenters. The monoisotopic (exact) mass is 151 g/mol. The van der Waals surface area contributed by atoms with Gasteiger partial charge >= 0.3 is 0 Å². The van der Waals surface area contributed by atoms with Crippen LogP contribution >= 0.6 is 0 Å². The van der Waals surface area contributed by atoms with Crippen molar-refractivity contribution in [1.82, 2.24) is 0 Å². The highest BCUT2D eigenvalue weighted by atomic mass is 16.1. The fourth-order valence-electron chi connectivity index (χ4n) is 1.16. The van der Waals surface area contributed by atoms with E-state index in [9.17, 15) is 4.79 Å². The lowest BCUT2D eigenvalue weighted by molar-refractivity contribution is -0.111. The Balaban J connectivity index is 2.77. The van der Waals surface area contributed by atoms with E-state index in [1.807, 2.05) is 6.08 Å². The van der Waals surface area contributed by atoms with Gasteiger partial charge in [0.05, 0.1) is 5.54 Å². The van der Waals surface area contributed by atoms with Crippen molar-refractivity contribution >= 4 is 6.29 Å². The van der Waals surface area contributed by atoms with Crippen LogP contribution in [0, 0.1) is 0 Å². The number of rotatable bonds is 1. The molecule has 0 aromatic heterocycles. The quantitative estimate of drug-likeness (QED) is 0.572. The summed E-state index contributed by atoms with van der Waals surface area (Å²) in [6.07, 6.45) is 7.02. The molecule has 0 saturated carbocycles. The Bertz CT molecular complexity index is 208. The molecule has 11 heavy (non-hydrogen) atoms. The summed E-state index contributed by atoms with van der Waals surface area (Å²) >= 11 is 0. The number of allylic oxidation sites excluding steroid dienone is 2. The summed E-state index contributed by atoms with van der Waals surface area (Å²) in [4.78, 5) is 10.5. The number of hydrogen-bond donors (Lipinski definition) is 1. The van der Waals surface area contributed by atoms with Crippen LogP contribution in [0.3, 0.4) is 0 Å². The summed E-state index contributed by atoms with van der Waals surface area (Å²) in [5.74, 6) is 0. The van der Waals surface area contributed by atoms with E-state index in [0.29, 0.717) is 0 Å². The molecule has 1 aliphatic carbocycles. The average molecular weight is 151 g/mol. The minimum atomic E-state index is -0.737. The Hall–Kier alpha value is -0.890. The minimum Gasteiger partial charge on any atom is -0.316 e. The molecule has 0 aromatic rings. The van der Waals surface area contributed by atoms with Gasteiger partial charge in [-0.1, -0.05) is 24.3 Å². The highest BCUT2D eigenvalue weighted by Crippen LogP contribution is 2.19. The molecule has 0 heterocycles. The van der Waals surface area contributed by atoms with Gasteiger partial charge in [0, 0.05) is 0 Å². The third kappa shape index (κ3) is 2.02. The largest absolute Gasteiger partial charge is 0.316 e. The van der Waals surface area contributed by atoms with Crippen LogP contribution in [0.4, 0.5) is 0 Å². The van der Waals surface area contributed by atoms with Gasteiger partial charge in [0.1, 0.15) is 6.29 Å². The average Bonchev–Trinajstić information content (AvgIpc) is 2.15. The fourth-order valence-corrected chi connectivity index (χ4v) is 1.16. The van der Waals surface area contributed by atoms with Crippen LogP contribution < -0.4 is 5.73 Å². The summed E-state index contributed by atoms with van der Waals surface area (Å²) < 4.78 is 0. The maximum atomic E-state index is 10.5. The Morgan fingerprint density at radius 3 is 3.09 bits per heavy atom. The normalized spacial score (nSPS) is 31.5. The lowest BCUT2D eigenvalue weighted by atomic mass is 9.97. The van der Waals surface area contributed by atoms with Gasteiger partial charge in [0.2, 0.25) is 0 Å². The number of aldehydes is 1. The van der Waals surface area contributed by atoms with Gasteiger partial charge in [-0.15, -0.1) is 0 Å². The van der Waals surface area contributed by atoms with E-state index in [1.54, 1.807) is 6.08 Å². The molecule has 0 aromatic carbocycles. The van der Waals surface area contributed by atoms with E-state index in [2.05, 4.69) is 6.58 Å². The predicted octanol–water partition coefficient (Wildman–Crippen LogP) is 1.18. The Morgan fingerprint density at radius 2 is 2.45 bits per heavy atom. The Morgan fingerprint density at radius 1 is 1.73 bits per heavy atom. The zero-order chi connectivity index (χ0) is 8.32. The summed E-state index contributed by atoms with van der Waals surface area (Å²) in [6.45, 7) is 3.82. The first kappa shape index (κ1) is 8.21. The SMILES string of the molecule is C=C1C=CC(N)(C=O)CCC1. The first-order valence-corrected chi connectivity index (χ1v) is 3.78. The lowest BCUT2D eigenvalue weighted by Crippen LogP contribution is -2.38. The molecule has 0 radical (unpaired) electrons. The third-order valence-electron chi connectivity index (χ3n) is 1.96. The van der Waals surface area contributed by atoms with E-state index < -0.39 is 5.54 Å². The molecule has 0 saturated heterocycles. The molecule has 0 spiro atoms. The predicted molar refractivity (Wildman–Crippen MR) is 45.1 cm³/mol. The second-order valence-corrected chi connectivity index (χ2v) is 3.08. The van der Waals surface area contributed by atoms with Gasteiger partial charge in [0.25, 0.3) is 0 Å². The van der Waals surface area contributed by atoms with Crippen molar-refractivity contribution in [2.45, 2.75) is 24.8 Å². The van der Waals surface area contributed by atoms with Crippen LogP contribution in [0.1, 0.15) is 19.3 Å². The van der Waals surface area contributed by atoms with Crippen molar-refractivity contribution in [2.24, 2.45) is 5.73 Å². The summed E-state index contributed by atoms with van der Waals surface area (Å²) in [6, 6.07) is 0. The molecule has 2 N–H and O–H groups in total. The second kappa shape index (κ2) is 3.01. The van der Waals surface area contributed by atoms with Gasteiger partial charge in [-0.05, 0) is 19.3 Å². The molecule has 2 nitrogen and oxygen atoms in total. The first-order valence-electron chi connectivity index (χ1n) is 3.78. The molecule has 0 amide bonds. The molecule has 1 unspecified atom stereocenters. The van der Waals surface area contributed by atoms with E-state index in [-0.39, 0.29) is 0 Å². The van der Waals surface area contributed by atoms with Crippen LogP contribution in [-0.2, 0) is 4.79 Å². The molecule has 0 fully saturated rings. The maximum absolute atomic E-state index is 10.5. The fraction of sp³-hybridized carbons (Fsp3) is 0.444. The first-order chi connectivity index (χ1) is 5.16. The second-order valence-electron chi connectivity index (χ2n) is 3.08. The molecule has 60 valence electrons. The lowest BCUT2D eigenvalue weighted by Gasteiger charge is -2.15. The summed E-state index contributed by atoms with van der Waals surface area (Å²) in [7, 11) is 0. The van der Waals surface area contributed by atoms with Gasteiger partial charge in [0.15, 0.2) is 0 Å². The number of carbonyl (C=O) groups is 1. The van der Waals surface area contributed by atoms with E-state index in [0.717, 1.165) is 31.1 Å². The minimum absolute atomic E-state index is 0.728. The highest BCUT2D eigenvalue weighted by Gasteiger charge is 2.21. The zero-order valence-electron chi connectivity index (χ0n) is 6.55. The Kier molecular flexibility index (Phi) is 2.25. The van der Waals surface area contributed by atoms with Crippen LogP contribution in [-0.4, -0.2) is 11.8 Å². The van der Waals surface area contributed by atoms with Gasteiger partial charge in [-0.2, -0.15) is 0 Å². The highest BCUT2D eigenvalue weighted by molar-refractivity contribution is 5.67. The van der Waals surface area contributed by atoms with Gasteiger partial charge in [-0.25, -0.2) is 0 Å². The Labute approximate surface area is 66.8 Å². The number of nitrogens with two attached hydrogens (primary N) is 1. The molecular formula is C9H13NO. The molecule has 1 rings (SSSR count). The van der Waals surface area contributed by atoms with Crippen molar-refractivity contribution < 1.29 is 4.79 Å². The topological polar surface area (TPSA) is 43.1 Å². The molecular weight excluding hydrogens is 138 g/mol. The molecule has 2 heteroatoms. The van der Waals surface area contributed by atoms with Gasteiger partial charge in [-0.3, -0.25) is 0 Å². The van der Waals surface area contributed by atoms with Crippen LogP contribution in [0.2, 0.25) is 0 Å². The van der Waals surface area contributed by atoms with Gasteiger partial charge < -0.3 is 10.5 Å². The van der Waals surface area contributed by atoms with Crippen LogP contribution in [0.15, 0.2) is 24.3 Å². The molecule has 0 aliphatic heterocycles.